The number of nitrogens with one attached hydrogen (secondary N) is 1. The van der Waals surface area contributed by atoms with Crippen molar-refractivity contribution in [3.05, 3.63) is 23.9 Å². The summed E-state index contributed by atoms with van der Waals surface area (Å²) in [6, 6.07) is 0. The van der Waals surface area contributed by atoms with Crippen molar-refractivity contribution in [2.24, 2.45) is 0 Å². The molecule has 0 saturated heterocycles. The molecule has 3 N–H and O–H groups in total. The molecule has 0 spiro atoms. The quantitative estimate of drug-likeness (QED) is 0.738. The second-order valence-electron chi connectivity index (χ2n) is 3.65. The van der Waals surface area contributed by atoms with Crippen LogP contribution in [0.4, 0.5) is 5.82 Å². The molecular weight excluding hydrogens is 204 g/mol. The highest BCUT2D eigenvalue weighted by atomic mass is 16.2. The Morgan fingerprint density at radius 1 is 1.69 bits per heavy atom. The Labute approximate surface area is 95.3 Å². The third kappa shape index (κ3) is 2.42. The van der Waals surface area contributed by atoms with Gasteiger partial charge in [0, 0.05) is 18.8 Å². The van der Waals surface area contributed by atoms with E-state index in [1.165, 1.54) is 0 Å². The molecule has 0 aromatic carbocycles. The largest absolute Gasteiger partial charge is 0.382 e. The molecule has 1 aromatic heterocycles. The van der Waals surface area contributed by atoms with Crippen molar-refractivity contribution in [3.63, 3.8) is 0 Å². The van der Waals surface area contributed by atoms with E-state index in [4.69, 9.17) is 5.73 Å². The third-order valence-corrected chi connectivity index (χ3v) is 2.32. The number of carbonyl (C=O) groups is 1. The van der Waals surface area contributed by atoms with Gasteiger partial charge < -0.3 is 10.6 Å². The average Bonchev–Trinajstić information content (AvgIpc) is 2.57. The average molecular weight is 222 g/mol. The van der Waals surface area contributed by atoms with Crippen molar-refractivity contribution in [1.82, 2.24) is 15.1 Å². The molecule has 0 radical (unpaired) electrons. The first-order valence-corrected chi connectivity index (χ1v) is 5.32. The maximum atomic E-state index is 12.2. The van der Waals surface area contributed by atoms with Crippen LogP contribution in [0.15, 0.2) is 12.7 Å². The summed E-state index contributed by atoms with van der Waals surface area (Å²) in [5, 5.41) is 6.53. The number of aromatic amines is 1. The fourth-order valence-electron chi connectivity index (χ4n) is 1.58. The van der Waals surface area contributed by atoms with E-state index in [0.717, 1.165) is 6.42 Å². The molecule has 0 atom stereocenters. The first kappa shape index (κ1) is 12.3. The van der Waals surface area contributed by atoms with Crippen LogP contribution in [0, 0.1) is 6.92 Å². The molecule has 1 heterocycles. The Morgan fingerprint density at radius 2 is 2.38 bits per heavy atom. The van der Waals surface area contributed by atoms with E-state index in [2.05, 4.69) is 16.8 Å². The predicted molar refractivity (Wildman–Crippen MR) is 64.1 cm³/mol. The molecule has 0 unspecified atom stereocenters. The van der Waals surface area contributed by atoms with Crippen LogP contribution < -0.4 is 5.73 Å². The van der Waals surface area contributed by atoms with Gasteiger partial charge in [-0.25, -0.2) is 0 Å². The molecule has 1 rings (SSSR count). The topological polar surface area (TPSA) is 75.0 Å². The number of anilines is 1. The number of nitrogens with zero attached hydrogens (tertiary/aromatic N) is 2. The molecule has 0 aliphatic carbocycles. The van der Waals surface area contributed by atoms with E-state index in [9.17, 15) is 4.79 Å². The summed E-state index contributed by atoms with van der Waals surface area (Å²) in [7, 11) is 0. The van der Waals surface area contributed by atoms with Crippen LogP contribution in [0.25, 0.3) is 0 Å². The number of nitrogen functional groups attached to an aromatic ring is 1. The number of carbonyl (C=O) groups excluding carboxylic acids is 1. The van der Waals surface area contributed by atoms with Crippen LogP contribution in [0.1, 0.15) is 29.4 Å². The minimum absolute atomic E-state index is 0.0921. The van der Waals surface area contributed by atoms with E-state index < -0.39 is 0 Å². The molecule has 88 valence electrons. The number of aryl methyl sites for hydroxylation is 1. The summed E-state index contributed by atoms with van der Waals surface area (Å²) < 4.78 is 0. The highest BCUT2D eigenvalue weighted by Crippen LogP contribution is 2.15. The molecule has 0 aliphatic rings. The summed E-state index contributed by atoms with van der Waals surface area (Å²) in [6.45, 7) is 8.67. The predicted octanol–water partition coefficient (Wildman–Crippen LogP) is 1.34. The Kier molecular flexibility index (Phi) is 4.10. The lowest BCUT2D eigenvalue weighted by Crippen LogP contribution is -2.32. The van der Waals surface area contributed by atoms with Gasteiger partial charge in [0.05, 0.1) is 0 Å². The van der Waals surface area contributed by atoms with E-state index >= 15 is 0 Å². The third-order valence-electron chi connectivity index (χ3n) is 2.32. The monoisotopic (exact) mass is 222 g/mol. The van der Waals surface area contributed by atoms with Crippen molar-refractivity contribution >= 4 is 11.7 Å². The van der Waals surface area contributed by atoms with Gasteiger partial charge in [-0.1, -0.05) is 13.0 Å². The van der Waals surface area contributed by atoms with Gasteiger partial charge in [-0.15, -0.1) is 6.58 Å². The molecule has 16 heavy (non-hydrogen) atoms. The minimum atomic E-state index is -0.0921. The summed E-state index contributed by atoms with van der Waals surface area (Å²) in [5.41, 5.74) is 6.83. The van der Waals surface area contributed by atoms with E-state index in [1.807, 2.05) is 6.92 Å². The van der Waals surface area contributed by atoms with E-state index in [1.54, 1.807) is 17.9 Å². The molecule has 1 aromatic rings. The zero-order valence-corrected chi connectivity index (χ0v) is 9.79. The van der Waals surface area contributed by atoms with Crippen LogP contribution in [0.5, 0.6) is 0 Å². The first-order chi connectivity index (χ1) is 7.61. The van der Waals surface area contributed by atoms with Gasteiger partial charge in [0.15, 0.2) is 5.82 Å². The SMILES string of the molecule is C=CCN(CCC)C(=O)c1c(N)n[nH]c1C. The zero-order chi connectivity index (χ0) is 12.1. The standard InChI is InChI=1S/C11H18N4O/c1-4-6-15(7-5-2)11(16)9-8(3)13-14-10(9)12/h4H,1,5-7H2,2-3H3,(H3,12,13,14). The number of hydrogen-bond acceptors (Lipinski definition) is 3. The molecule has 0 saturated carbocycles. The maximum absolute atomic E-state index is 12.2. The van der Waals surface area contributed by atoms with Crippen molar-refractivity contribution in [3.8, 4) is 0 Å². The number of rotatable bonds is 5. The van der Waals surface area contributed by atoms with Crippen LogP contribution >= 0.6 is 0 Å². The normalized spacial score (nSPS) is 10.1. The highest BCUT2D eigenvalue weighted by molar-refractivity contribution is 5.99. The smallest absolute Gasteiger partial charge is 0.259 e. The Morgan fingerprint density at radius 3 is 2.81 bits per heavy atom. The van der Waals surface area contributed by atoms with Gasteiger partial charge in [0.1, 0.15) is 5.56 Å². The molecular formula is C11H18N4O. The number of amides is 1. The van der Waals surface area contributed by atoms with E-state index in [-0.39, 0.29) is 11.7 Å². The Balaban J connectivity index is 2.93. The lowest BCUT2D eigenvalue weighted by Gasteiger charge is -2.20. The lowest BCUT2D eigenvalue weighted by molar-refractivity contribution is 0.0774. The number of nitrogens with two attached hydrogens (primary N) is 1. The van der Waals surface area contributed by atoms with Crippen LogP contribution in [0.2, 0.25) is 0 Å². The zero-order valence-electron chi connectivity index (χ0n) is 9.79. The minimum Gasteiger partial charge on any atom is -0.382 e. The van der Waals surface area contributed by atoms with Crippen LogP contribution in [-0.2, 0) is 0 Å². The van der Waals surface area contributed by atoms with Gasteiger partial charge in [-0.05, 0) is 13.3 Å². The molecule has 0 aliphatic heterocycles. The maximum Gasteiger partial charge on any atom is 0.259 e. The number of H-pyrrole nitrogens is 1. The van der Waals surface area contributed by atoms with Crippen molar-refractivity contribution in [2.45, 2.75) is 20.3 Å². The molecule has 0 bridgehead atoms. The van der Waals surface area contributed by atoms with Crippen LogP contribution in [-0.4, -0.2) is 34.1 Å². The first-order valence-electron chi connectivity index (χ1n) is 5.32. The van der Waals surface area contributed by atoms with Gasteiger partial charge in [0.2, 0.25) is 0 Å². The van der Waals surface area contributed by atoms with Gasteiger partial charge in [0.25, 0.3) is 5.91 Å². The molecule has 1 amide bonds. The van der Waals surface area contributed by atoms with E-state index in [0.29, 0.717) is 24.3 Å². The fourth-order valence-corrected chi connectivity index (χ4v) is 1.58. The van der Waals surface area contributed by atoms with Gasteiger partial charge in [-0.3, -0.25) is 9.89 Å². The molecule has 0 fully saturated rings. The van der Waals surface area contributed by atoms with Crippen molar-refractivity contribution < 1.29 is 4.79 Å². The number of hydrogen-bond donors (Lipinski definition) is 2. The van der Waals surface area contributed by atoms with Crippen LogP contribution in [0.3, 0.4) is 0 Å². The van der Waals surface area contributed by atoms with Crippen molar-refractivity contribution in [1.29, 1.82) is 0 Å². The number of aromatic nitrogens is 2. The second-order valence-corrected chi connectivity index (χ2v) is 3.65. The second kappa shape index (κ2) is 5.34. The Hall–Kier alpha value is -1.78. The lowest BCUT2D eigenvalue weighted by atomic mass is 10.2. The molecule has 5 heteroatoms. The summed E-state index contributed by atoms with van der Waals surface area (Å²) >= 11 is 0. The fraction of sp³-hybridized carbons (Fsp3) is 0.455. The highest BCUT2D eigenvalue weighted by Gasteiger charge is 2.20. The molecule has 5 nitrogen and oxygen atoms in total. The Bertz CT molecular complexity index is 364. The van der Waals surface area contributed by atoms with Gasteiger partial charge in [-0.2, -0.15) is 5.10 Å². The summed E-state index contributed by atoms with van der Waals surface area (Å²) in [5.74, 6) is 0.165. The van der Waals surface area contributed by atoms with Crippen molar-refractivity contribution in [2.75, 3.05) is 18.8 Å². The van der Waals surface area contributed by atoms with Gasteiger partial charge >= 0.3 is 0 Å². The summed E-state index contributed by atoms with van der Waals surface area (Å²) in [4.78, 5) is 13.9. The summed E-state index contributed by atoms with van der Waals surface area (Å²) in [6.07, 6.45) is 2.61.